The molecule has 0 unspecified atom stereocenters. The third kappa shape index (κ3) is 5.15. The van der Waals surface area contributed by atoms with Gasteiger partial charge >= 0.3 is 5.97 Å². The van der Waals surface area contributed by atoms with Gasteiger partial charge in [0.05, 0.1) is 5.69 Å². The molecule has 1 saturated carbocycles. The number of nitrogens with one attached hydrogen (secondary N) is 2. The van der Waals surface area contributed by atoms with Gasteiger partial charge in [0.2, 0.25) is 0 Å². The fraction of sp³-hybridized carbons (Fsp3) is 0.286. The van der Waals surface area contributed by atoms with Crippen molar-refractivity contribution < 1.29 is 24.2 Å². The number of benzene rings is 2. The Bertz CT molecular complexity index is 1550. The van der Waals surface area contributed by atoms with E-state index in [1.165, 1.54) is 30.3 Å². The van der Waals surface area contributed by atoms with Crippen LogP contribution in [-0.2, 0) is 11.2 Å². The van der Waals surface area contributed by atoms with Crippen molar-refractivity contribution in [3.8, 4) is 17.0 Å². The molecule has 1 amide bonds. The summed E-state index contributed by atoms with van der Waals surface area (Å²) in [5, 5.41) is 25.8. The number of aromatic amines is 1. The van der Waals surface area contributed by atoms with Gasteiger partial charge in [-0.25, -0.2) is 9.18 Å². The van der Waals surface area contributed by atoms with E-state index in [9.17, 15) is 29.0 Å². The van der Waals surface area contributed by atoms with Crippen LogP contribution in [0.2, 0.25) is 0 Å². The second-order valence-electron chi connectivity index (χ2n) is 9.63. The summed E-state index contributed by atoms with van der Waals surface area (Å²) < 4.78 is 15.2. The van der Waals surface area contributed by atoms with E-state index in [4.69, 9.17) is 0 Å². The molecule has 0 spiro atoms. The van der Waals surface area contributed by atoms with Crippen molar-refractivity contribution in [3.63, 3.8) is 0 Å². The number of fused-ring (bicyclic) bond motifs is 1. The van der Waals surface area contributed by atoms with Crippen molar-refractivity contribution in [2.75, 3.05) is 0 Å². The topological polar surface area (TPSA) is 137 Å². The number of phenolic OH excluding ortho intramolecular Hbond substituents is 1. The smallest absolute Gasteiger partial charge is 0.326 e. The van der Waals surface area contributed by atoms with Gasteiger partial charge in [-0.1, -0.05) is 43.5 Å². The Labute approximate surface area is 217 Å². The number of halogens is 1. The first kappa shape index (κ1) is 25.2. The molecule has 1 atom stereocenters. The monoisotopic (exact) mass is 518 g/mol. The molecule has 1 aliphatic carbocycles. The molecule has 5 rings (SSSR count). The van der Waals surface area contributed by atoms with Crippen LogP contribution in [0.5, 0.6) is 5.75 Å². The van der Waals surface area contributed by atoms with Gasteiger partial charge in [-0.15, -0.1) is 0 Å². The van der Waals surface area contributed by atoms with Crippen LogP contribution in [0.3, 0.4) is 0 Å². The van der Waals surface area contributed by atoms with Gasteiger partial charge in [0.1, 0.15) is 23.3 Å². The van der Waals surface area contributed by atoms with Gasteiger partial charge < -0.3 is 20.5 Å². The van der Waals surface area contributed by atoms with Crippen LogP contribution in [-0.4, -0.2) is 42.7 Å². The maximum Gasteiger partial charge on any atom is 0.326 e. The summed E-state index contributed by atoms with van der Waals surface area (Å²) in [6.45, 7) is 0. The SMILES string of the molecule is O=C(N[C@@H](Cc1ccc(O)cc1)C(=O)O)c1cc2[nH]c(-c3cccc(F)c3)c(C3CCCCC3)c(=O)n2n1. The van der Waals surface area contributed by atoms with Crippen molar-refractivity contribution in [1.29, 1.82) is 0 Å². The number of aromatic hydroxyl groups is 1. The molecule has 0 aliphatic heterocycles. The first-order valence-corrected chi connectivity index (χ1v) is 12.5. The number of phenols is 1. The Morgan fingerprint density at radius 2 is 1.84 bits per heavy atom. The fourth-order valence-electron chi connectivity index (χ4n) is 5.09. The predicted molar refractivity (Wildman–Crippen MR) is 138 cm³/mol. The molecule has 1 aliphatic rings. The summed E-state index contributed by atoms with van der Waals surface area (Å²) in [7, 11) is 0. The zero-order chi connectivity index (χ0) is 26.8. The zero-order valence-electron chi connectivity index (χ0n) is 20.5. The van der Waals surface area contributed by atoms with Gasteiger partial charge in [0, 0.05) is 23.6 Å². The predicted octanol–water partition coefficient (Wildman–Crippen LogP) is 4.01. The van der Waals surface area contributed by atoms with Gasteiger partial charge in [-0.2, -0.15) is 9.61 Å². The lowest BCUT2D eigenvalue weighted by Gasteiger charge is -2.23. The van der Waals surface area contributed by atoms with E-state index >= 15 is 0 Å². The van der Waals surface area contributed by atoms with Gasteiger partial charge in [0.15, 0.2) is 5.69 Å². The van der Waals surface area contributed by atoms with Crippen molar-refractivity contribution in [1.82, 2.24) is 19.9 Å². The van der Waals surface area contributed by atoms with Crippen molar-refractivity contribution >= 4 is 17.5 Å². The number of aliphatic carboxylic acids is 1. The molecule has 0 bridgehead atoms. The molecule has 2 aromatic heterocycles. The van der Waals surface area contributed by atoms with Crippen LogP contribution in [0.25, 0.3) is 16.9 Å². The molecular formula is C28H27FN4O5. The van der Waals surface area contributed by atoms with Crippen LogP contribution in [0.4, 0.5) is 4.39 Å². The number of carboxylic acid groups (broad SMARTS) is 1. The molecule has 196 valence electrons. The molecule has 2 heterocycles. The number of amides is 1. The highest BCUT2D eigenvalue weighted by molar-refractivity contribution is 5.96. The number of carboxylic acids is 1. The van der Waals surface area contributed by atoms with Crippen molar-refractivity contribution in [2.24, 2.45) is 0 Å². The highest BCUT2D eigenvalue weighted by atomic mass is 19.1. The second-order valence-corrected chi connectivity index (χ2v) is 9.63. The highest BCUT2D eigenvalue weighted by Gasteiger charge is 2.27. The zero-order valence-corrected chi connectivity index (χ0v) is 20.5. The van der Waals surface area contributed by atoms with E-state index in [1.54, 1.807) is 24.3 Å². The number of rotatable bonds is 7. The van der Waals surface area contributed by atoms with Gasteiger partial charge in [0.25, 0.3) is 11.5 Å². The lowest BCUT2D eigenvalue weighted by atomic mass is 9.83. The van der Waals surface area contributed by atoms with E-state index in [1.807, 2.05) is 0 Å². The molecule has 4 aromatic rings. The molecule has 10 heteroatoms. The standard InChI is InChI=1S/C28H27FN4O5/c29-19-8-4-7-18(14-19)25-24(17-5-2-1-3-6-17)27(36)33-23(31-25)15-21(32-33)26(35)30-22(28(37)38)13-16-9-11-20(34)12-10-16/h4,7-12,14-15,17,22,31,34H,1-3,5-6,13H2,(H,30,35)(H,37,38)/t22-/m0/s1. The maximum atomic E-state index is 14.1. The minimum absolute atomic E-state index is 0.0107. The van der Waals surface area contributed by atoms with E-state index in [0.29, 0.717) is 22.4 Å². The Kier molecular flexibility index (Phi) is 6.95. The quantitative estimate of drug-likeness (QED) is 0.292. The summed E-state index contributed by atoms with van der Waals surface area (Å²) in [5.74, 6) is -2.40. The second kappa shape index (κ2) is 10.5. The number of hydrogen-bond acceptors (Lipinski definition) is 5. The number of carbonyl (C=O) groups excluding carboxylic acids is 1. The van der Waals surface area contributed by atoms with Crippen molar-refractivity contribution in [2.45, 2.75) is 50.5 Å². The highest BCUT2D eigenvalue weighted by Crippen LogP contribution is 2.35. The summed E-state index contributed by atoms with van der Waals surface area (Å²) in [6.07, 6.45) is 4.69. The minimum atomic E-state index is -1.26. The average Bonchev–Trinajstić information content (AvgIpc) is 3.35. The largest absolute Gasteiger partial charge is 0.508 e. The molecule has 2 aromatic carbocycles. The van der Waals surface area contributed by atoms with E-state index in [2.05, 4.69) is 15.4 Å². The van der Waals surface area contributed by atoms with Gasteiger partial charge in [-0.3, -0.25) is 9.59 Å². The molecule has 4 N–H and O–H groups in total. The summed E-state index contributed by atoms with van der Waals surface area (Å²) >= 11 is 0. The Balaban J connectivity index is 1.51. The lowest BCUT2D eigenvalue weighted by molar-refractivity contribution is -0.139. The van der Waals surface area contributed by atoms with Crippen molar-refractivity contribution in [3.05, 3.63) is 87.6 Å². The first-order valence-electron chi connectivity index (χ1n) is 12.5. The number of H-pyrrole nitrogens is 1. The lowest BCUT2D eigenvalue weighted by Crippen LogP contribution is -2.42. The number of hydrogen-bond donors (Lipinski definition) is 4. The van der Waals surface area contributed by atoms with Crippen LogP contribution >= 0.6 is 0 Å². The van der Waals surface area contributed by atoms with Crippen LogP contribution < -0.4 is 10.9 Å². The van der Waals surface area contributed by atoms with Crippen LogP contribution in [0.15, 0.2) is 59.4 Å². The average molecular weight is 519 g/mol. The molecular weight excluding hydrogens is 491 g/mol. The molecule has 1 fully saturated rings. The van der Waals surface area contributed by atoms with Gasteiger partial charge in [-0.05, 0) is 48.6 Å². The summed E-state index contributed by atoms with van der Waals surface area (Å²) in [6, 6.07) is 12.1. The fourth-order valence-corrected chi connectivity index (χ4v) is 5.09. The molecule has 0 radical (unpaired) electrons. The van der Waals surface area contributed by atoms with Crippen LogP contribution in [0.1, 0.15) is 59.6 Å². The van der Waals surface area contributed by atoms with E-state index < -0.39 is 23.7 Å². The van der Waals surface area contributed by atoms with E-state index in [0.717, 1.165) is 36.6 Å². The first-order chi connectivity index (χ1) is 18.3. The number of carbonyl (C=O) groups is 2. The molecule has 9 nitrogen and oxygen atoms in total. The normalized spacial score (nSPS) is 14.9. The minimum Gasteiger partial charge on any atom is -0.508 e. The third-order valence-electron chi connectivity index (χ3n) is 6.99. The Morgan fingerprint density at radius 1 is 1.11 bits per heavy atom. The summed E-state index contributed by atoms with van der Waals surface area (Å²) in [5.41, 5.74) is 1.87. The molecule has 38 heavy (non-hydrogen) atoms. The Hall–Kier alpha value is -4.47. The summed E-state index contributed by atoms with van der Waals surface area (Å²) in [4.78, 5) is 41.7. The Morgan fingerprint density at radius 3 is 2.53 bits per heavy atom. The van der Waals surface area contributed by atoms with Crippen LogP contribution in [0, 0.1) is 5.82 Å². The van der Waals surface area contributed by atoms with E-state index in [-0.39, 0.29) is 35.0 Å². The third-order valence-corrected chi connectivity index (χ3v) is 6.99. The number of nitrogens with zero attached hydrogens (tertiary/aromatic N) is 2. The maximum absolute atomic E-state index is 14.1. The molecule has 0 saturated heterocycles. The number of aromatic nitrogens is 3.